The fourth-order valence-electron chi connectivity index (χ4n) is 2.80. The van der Waals surface area contributed by atoms with Gasteiger partial charge in [-0.2, -0.15) is 0 Å². The molecule has 2 aromatic heterocycles. The fraction of sp³-hybridized carbons (Fsp3) is 0.143. The normalized spacial score (nSPS) is 10.7. The van der Waals surface area contributed by atoms with Crippen LogP contribution in [0.15, 0.2) is 66.0 Å². The van der Waals surface area contributed by atoms with E-state index >= 15 is 0 Å². The summed E-state index contributed by atoms with van der Waals surface area (Å²) in [6.45, 7) is 1.95. The largest absolute Gasteiger partial charge is 0.497 e. The molecule has 0 aliphatic carbocycles. The average Bonchev–Trinajstić information content (AvgIpc) is 3.39. The van der Waals surface area contributed by atoms with E-state index in [2.05, 4.69) is 20.5 Å². The molecule has 0 atom stereocenters. The minimum Gasteiger partial charge on any atom is -0.497 e. The number of carbonyl (C=O) groups is 1. The van der Waals surface area contributed by atoms with Gasteiger partial charge in [-0.1, -0.05) is 42.1 Å². The fourth-order valence-corrected chi connectivity index (χ4v) is 4.23. The molecular weight excluding hydrogens is 418 g/mol. The van der Waals surface area contributed by atoms with Gasteiger partial charge >= 0.3 is 0 Å². The molecule has 2 aromatic carbocycles. The minimum absolute atomic E-state index is 0.139. The summed E-state index contributed by atoms with van der Waals surface area (Å²) >= 11 is 2.77. The molecule has 0 radical (unpaired) electrons. The van der Waals surface area contributed by atoms with Crippen LogP contribution in [-0.4, -0.2) is 38.5 Å². The smallest absolute Gasteiger partial charge is 0.236 e. The standard InChI is InChI=1S/C21H19N5O2S2/c1-14-12-22-20(30-14)23-18(27)13-29-21-25-24-19(15-6-4-3-5-7-15)26(21)16-8-10-17(28-2)11-9-16/h3-12H,13H2,1-2H3,(H,22,23,27). The van der Waals surface area contributed by atoms with E-state index in [-0.39, 0.29) is 11.7 Å². The van der Waals surface area contributed by atoms with E-state index in [4.69, 9.17) is 4.74 Å². The number of carbonyl (C=O) groups excluding carboxylic acids is 1. The number of amides is 1. The number of ether oxygens (including phenoxy) is 1. The summed E-state index contributed by atoms with van der Waals surface area (Å²) in [6.07, 6.45) is 1.74. The van der Waals surface area contributed by atoms with Crippen molar-refractivity contribution in [1.29, 1.82) is 0 Å². The highest BCUT2D eigenvalue weighted by atomic mass is 32.2. The molecule has 0 aliphatic heterocycles. The Morgan fingerprint density at radius 3 is 2.57 bits per heavy atom. The maximum absolute atomic E-state index is 12.4. The van der Waals surface area contributed by atoms with Crippen LogP contribution in [0.1, 0.15) is 4.88 Å². The molecule has 0 saturated carbocycles. The van der Waals surface area contributed by atoms with Gasteiger partial charge in [0.25, 0.3) is 0 Å². The van der Waals surface area contributed by atoms with Crippen molar-refractivity contribution < 1.29 is 9.53 Å². The van der Waals surface area contributed by atoms with Gasteiger partial charge in [-0.3, -0.25) is 9.36 Å². The lowest BCUT2D eigenvalue weighted by Gasteiger charge is -2.11. The van der Waals surface area contributed by atoms with Gasteiger partial charge in [-0.05, 0) is 31.2 Å². The van der Waals surface area contributed by atoms with Gasteiger partial charge in [-0.15, -0.1) is 21.5 Å². The van der Waals surface area contributed by atoms with Gasteiger partial charge < -0.3 is 10.1 Å². The van der Waals surface area contributed by atoms with Gasteiger partial charge in [0.05, 0.1) is 12.9 Å². The SMILES string of the molecule is COc1ccc(-n2c(SCC(=O)Nc3ncc(C)s3)nnc2-c2ccccc2)cc1. The van der Waals surface area contributed by atoms with Crippen molar-refractivity contribution in [2.45, 2.75) is 12.1 Å². The Morgan fingerprint density at radius 1 is 1.13 bits per heavy atom. The number of rotatable bonds is 7. The van der Waals surface area contributed by atoms with Crippen LogP contribution < -0.4 is 10.1 Å². The summed E-state index contributed by atoms with van der Waals surface area (Å²) < 4.78 is 7.21. The van der Waals surface area contributed by atoms with Crippen molar-refractivity contribution in [2.24, 2.45) is 0 Å². The molecule has 0 fully saturated rings. The molecule has 4 aromatic rings. The van der Waals surface area contributed by atoms with E-state index in [1.165, 1.54) is 23.1 Å². The van der Waals surface area contributed by atoms with E-state index in [9.17, 15) is 4.79 Å². The van der Waals surface area contributed by atoms with Gasteiger partial charge in [0, 0.05) is 22.3 Å². The maximum atomic E-state index is 12.4. The Labute approximate surface area is 182 Å². The molecule has 0 spiro atoms. The zero-order valence-corrected chi connectivity index (χ0v) is 18.0. The van der Waals surface area contributed by atoms with Crippen LogP contribution in [0.25, 0.3) is 17.1 Å². The van der Waals surface area contributed by atoms with Gasteiger partial charge in [0.15, 0.2) is 16.1 Å². The highest BCUT2D eigenvalue weighted by molar-refractivity contribution is 7.99. The number of nitrogens with zero attached hydrogens (tertiary/aromatic N) is 4. The molecule has 7 nitrogen and oxygen atoms in total. The number of hydrogen-bond acceptors (Lipinski definition) is 7. The number of thiazole rings is 1. The summed E-state index contributed by atoms with van der Waals surface area (Å²) in [7, 11) is 1.63. The Balaban J connectivity index is 1.60. The number of benzene rings is 2. The van der Waals surface area contributed by atoms with E-state index < -0.39 is 0 Å². The van der Waals surface area contributed by atoms with Crippen molar-refractivity contribution >= 4 is 34.1 Å². The molecule has 4 rings (SSSR count). The average molecular weight is 438 g/mol. The van der Waals surface area contributed by atoms with E-state index in [0.717, 1.165) is 21.9 Å². The van der Waals surface area contributed by atoms with Crippen LogP contribution in [0.4, 0.5) is 5.13 Å². The first-order valence-corrected chi connectivity index (χ1v) is 10.9. The Bertz CT molecular complexity index is 1140. The Hall–Kier alpha value is -3.17. The summed E-state index contributed by atoms with van der Waals surface area (Å²) in [5.74, 6) is 1.53. The van der Waals surface area contributed by atoms with E-state index in [0.29, 0.717) is 16.1 Å². The quantitative estimate of drug-likeness (QED) is 0.431. The number of aromatic nitrogens is 4. The molecule has 0 unspecified atom stereocenters. The van der Waals surface area contributed by atoms with Crippen molar-refractivity contribution in [3.05, 3.63) is 65.7 Å². The zero-order valence-electron chi connectivity index (χ0n) is 16.4. The first-order chi connectivity index (χ1) is 14.6. The summed E-state index contributed by atoms with van der Waals surface area (Å²) in [4.78, 5) is 17.6. The number of thioether (sulfide) groups is 1. The Kier molecular flexibility index (Phi) is 6.10. The lowest BCUT2D eigenvalue weighted by molar-refractivity contribution is -0.113. The molecule has 30 heavy (non-hydrogen) atoms. The first-order valence-electron chi connectivity index (χ1n) is 9.14. The predicted octanol–water partition coefficient (Wildman–Crippen LogP) is 4.44. The second-order valence-corrected chi connectivity index (χ2v) is 8.50. The molecule has 1 amide bonds. The molecule has 2 heterocycles. The zero-order chi connectivity index (χ0) is 20.9. The Morgan fingerprint density at radius 2 is 1.90 bits per heavy atom. The summed E-state index contributed by atoms with van der Waals surface area (Å²) in [5, 5.41) is 12.8. The maximum Gasteiger partial charge on any atom is 0.236 e. The van der Waals surface area contributed by atoms with Crippen LogP contribution in [0, 0.1) is 6.92 Å². The molecule has 0 saturated heterocycles. The van der Waals surface area contributed by atoms with Gasteiger partial charge in [0.1, 0.15) is 5.75 Å². The second-order valence-electron chi connectivity index (χ2n) is 6.32. The minimum atomic E-state index is -0.139. The molecule has 0 bridgehead atoms. The number of methoxy groups -OCH3 is 1. The predicted molar refractivity (Wildman–Crippen MR) is 120 cm³/mol. The van der Waals surface area contributed by atoms with E-state index in [1.807, 2.05) is 66.1 Å². The topological polar surface area (TPSA) is 81.9 Å². The van der Waals surface area contributed by atoms with E-state index in [1.54, 1.807) is 13.3 Å². The lowest BCUT2D eigenvalue weighted by atomic mass is 10.2. The summed E-state index contributed by atoms with van der Waals surface area (Å²) in [6, 6.07) is 17.5. The molecule has 0 aliphatic rings. The third-order valence-electron chi connectivity index (χ3n) is 4.20. The number of hydrogen-bond donors (Lipinski definition) is 1. The highest BCUT2D eigenvalue weighted by Crippen LogP contribution is 2.29. The van der Waals surface area contributed by atoms with Crippen molar-refractivity contribution in [3.8, 4) is 22.8 Å². The number of anilines is 1. The molecule has 9 heteroatoms. The monoisotopic (exact) mass is 437 g/mol. The number of nitrogens with one attached hydrogen (secondary N) is 1. The lowest BCUT2D eigenvalue weighted by Crippen LogP contribution is -2.14. The molecular formula is C21H19N5O2S2. The van der Waals surface area contributed by atoms with Crippen LogP contribution in [-0.2, 0) is 4.79 Å². The summed E-state index contributed by atoms with van der Waals surface area (Å²) in [5.41, 5.74) is 1.83. The number of aryl methyl sites for hydroxylation is 1. The first kappa shape index (κ1) is 20.1. The third kappa shape index (κ3) is 4.52. The highest BCUT2D eigenvalue weighted by Gasteiger charge is 2.17. The second kappa shape index (κ2) is 9.10. The van der Waals surface area contributed by atoms with Crippen LogP contribution in [0.2, 0.25) is 0 Å². The van der Waals surface area contributed by atoms with Crippen molar-refractivity contribution in [2.75, 3.05) is 18.2 Å². The molecule has 152 valence electrons. The van der Waals surface area contributed by atoms with Crippen LogP contribution in [0.3, 0.4) is 0 Å². The van der Waals surface area contributed by atoms with Gasteiger partial charge in [-0.25, -0.2) is 4.98 Å². The van der Waals surface area contributed by atoms with Crippen molar-refractivity contribution in [1.82, 2.24) is 19.7 Å². The van der Waals surface area contributed by atoms with Crippen molar-refractivity contribution in [3.63, 3.8) is 0 Å². The van der Waals surface area contributed by atoms with Crippen LogP contribution in [0.5, 0.6) is 5.75 Å². The molecule has 1 N–H and O–H groups in total. The van der Waals surface area contributed by atoms with Gasteiger partial charge in [0.2, 0.25) is 5.91 Å². The van der Waals surface area contributed by atoms with Crippen LogP contribution >= 0.6 is 23.1 Å². The third-order valence-corrected chi connectivity index (χ3v) is 5.95.